The molecule has 0 aliphatic carbocycles. The first-order valence-electron chi connectivity index (χ1n) is 3.79. The van der Waals surface area contributed by atoms with E-state index in [0.717, 1.165) is 5.56 Å². The number of carbonyl (C=O) groups is 1. The van der Waals surface area contributed by atoms with E-state index < -0.39 is 5.97 Å². The Kier molecular flexibility index (Phi) is 3.53. The molecule has 0 spiro atoms. The smallest absolute Gasteiger partial charge is 0.332 e. The minimum Gasteiger partial charge on any atom is -0.478 e. The molecule has 3 heteroatoms. The van der Waals surface area contributed by atoms with Crippen molar-refractivity contribution in [3.8, 4) is 0 Å². The van der Waals surface area contributed by atoms with E-state index in [4.69, 9.17) is 16.7 Å². The summed E-state index contributed by atoms with van der Waals surface area (Å²) in [5.74, 6) is -0.955. The summed E-state index contributed by atoms with van der Waals surface area (Å²) < 4.78 is 0. The first kappa shape index (κ1) is 9.81. The van der Waals surface area contributed by atoms with Gasteiger partial charge in [0.05, 0.1) is 11.5 Å². The largest absolute Gasteiger partial charge is 0.478 e. The van der Waals surface area contributed by atoms with Crippen molar-refractivity contribution in [3.63, 3.8) is 0 Å². The average Bonchev–Trinajstić information content (AvgIpc) is 2.15. The highest BCUT2D eigenvalue weighted by Crippen LogP contribution is 2.07. The second-order valence-corrected chi connectivity index (χ2v) is 2.79. The van der Waals surface area contributed by atoms with Gasteiger partial charge in [-0.2, -0.15) is 0 Å². The third kappa shape index (κ3) is 2.92. The van der Waals surface area contributed by atoms with Gasteiger partial charge in [0.15, 0.2) is 0 Å². The lowest BCUT2D eigenvalue weighted by atomic mass is 10.1. The van der Waals surface area contributed by atoms with Crippen LogP contribution >= 0.6 is 11.6 Å². The van der Waals surface area contributed by atoms with Gasteiger partial charge in [-0.15, -0.1) is 11.6 Å². The van der Waals surface area contributed by atoms with Crippen LogP contribution in [0.2, 0.25) is 0 Å². The van der Waals surface area contributed by atoms with Crippen LogP contribution in [0.1, 0.15) is 5.56 Å². The lowest BCUT2D eigenvalue weighted by Crippen LogP contribution is -2.01. The summed E-state index contributed by atoms with van der Waals surface area (Å²) in [5, 5.41) is 8.68. The van der Waals surface area contributed by atoms with Crippen molar-refractivity contribution in [1.29, 1.82) is 0 Å². The molecule has 1 aromatic rings. The fourth-order valence-corrected chi connectivity index (χ4v) is 1.10. The first-order valence-corrected chi connectivity index (χ1v) is 4.32. The zero-order valence-electron chi connectivity index (χ0n) is 6.90. The molecule has 0 aromatic heterocycles. The Balaban J connectivity index is 2.92. The number of rotatable bonds is 3. The molecule has 0 aliphatic rings. The van der Waals surface area contributed by atoms with Crippen LogP contribution < -0.4 is 0 Å². The number of benzene rings is 1. The molecule has 0 bridgehead atoms. The van der Waals surface area contributed by atoms with Crippen LogP contribution in [0.5, 0.6) is 0 Å². The van der Waals surface area contributed by atoms with E-state index >= 15 is 0 Å². The molecule has 1 aromatic carbocycles. The molecule has 0 radical (unpaired) electrons. The molecule has 0 fully saturated rings. The lowest BCUT2D eigenvalue weighted by Gasteiger charge is -1.96. The van der Waals surface area contributed by atoms with Crippen molar-refractivity contribution in [3.05, 3.63) is 41.5 Å². The number of aliphatic carboxylic acids is 1. The second kappa shape index (κ2) is 4.67. The van der Waals surface area contributed by atoms with Crippen molar-refractivity contribution in [1.82, 2.24) is 0 Å². The van der Waals surface area contributed by atoms with Crippen LogP contribution in [0.25, 0.3) is 6.08 Å². The molecule has 2 nitrogen and oxygen atoms in total. The minimum atomic E-state index is -0.973. The summed E-state index contributed by atoms with van der Waals surface area (Å²) in [6, 6.07) is 9.22. The van der Waals surface area contributed by atoms with Gasteiger partial charge >= 0.3 is 5.97 Å². The predicted molar refractivity (Wildman–Crippen MR) is 52.8 cm³/mol. The molecule has 1 rings (SSSR count). The van der Waals surface area contributed by atoms with Gasteiger partial charge in [0.25, 0.3) is 0 Å². The van der Waals surface area contributed by atoms with Crippen LogP contribution in [0, 0.1) is 0 Å². The highest BCUT2D eigenvalue weighted by atomic mass is 35.5. The maximum atomic E-state index is 10.6. The molecule has 13 heavy (non-hydrogen) atoms. The highest BCUT2D eigenvalue weighted by molar-refractivity contribution is 6.22. The monoisotopic (exact) mass is 196 g/mol. The summed E-state index contributed by atoms with van der Waals surface area (Å²) in [7, 11) is 0. The summed E-state index contributed by atoms with van der Waals surface area (Å²) in [5.41, 5.74) is 1.05. The van der Waals surface area contributed by atoms with Gasteiger partial charge in [0.1, 0.15) is 0 Å². The Hall–Kier alpha value is -1.28. The van der Waals surface area contributed by atoms with E-state index in [1.54, 1.807) is 6.08 Å². The molecule has 68 valence electrons. The van der Waals surface area contributed by atoms with Crippen molar-refractivity contribution in [2.45, 2.75) is 0 Å². The van der Waals surface area contributed by atoms with E-state index in [-0.39, 0.29) is 11.5 Å². The number of halogens is 1. The van der Waals surface area contributed by atoms with Crippen LogP contribution in [-0.4, -0.2) is 17.0 Å². The molecule has 0 heterocycles. The quantitative estimate of drug-likeness (QED) is 0.596. The predicted octanol–water partition coefficient (Wildman–Crippen LogP) is 2.39. The number of carboxylic acids is 1. The molecule has 0 saturated heterocycles. The zero-order valence-corrected chi connectivity index (χ0v) is 7.66. The Morgan fingerprint density at radius 3 is 2.46 bits per heavy atom. The maximum absolute atomic E-state index is 10.6. The SMILES string of the molecule is O=C(O)/C(=C/c1ccccc1)CCl. The number of carboxylic acid groups (broad SMARTS) is 1. The van der Waals surface area contributed by atoms with E-state index in [1.165, 1.54) is 0 Å². The standard InChI is InChI=1S/C10H9ClO2/c11-7-9(10(12)13)6-8-4-2-1-3-5-8/h1-6H,7H2,(H,12,13)/b9-6+. The van der Waals surface area contributed by atoms with Crippen LogP contribution in [0.3, 0.4) is 0 Å². The van der Waals surface area contributed by atoms with Crippen molar-refractivity contribution in [2.75, 3.05) is 5.88 Å². The van der Waals surface area contributed by atoms with Crippen molar-refractivity contribution < 1.29 is 9.90 Å². The normalized spacial score (nSPS) is 11.3. The molecular weight excluding hydrogens is 188 g/mol. The van der Waals surface area contributed by atoms with Gasteiger partial charge in [0, 0.05) is 0 Å². The Morgan fingerprint density at radius 1 is 1.38 bits per heavy atom. The molecule has 0 aliphatic heterocycles. The molecular formula is C10H9ClO2. The number of hydrogen-bond donors (Lipinski definition) is 1. The lowest BCUT2D eigenvalue weighted by molar-refractivity contribution is -0.132. The Bertz CT molecular complexity index is 317. The Morgan fingerprint density at radius 2 is 2.00 bits per heavy atom. The average molecular weight is 197 g/mol. The van der Waals surface area contributed by atoms with Gasteiger partial charge in [-0.25, -0.2) is 4.79 Å². The fourth-order valence-electron chi connectivity index (χ4n) is 0.908. The molecule has 0 saturated carbocycles. The maximum Gasteiger partial charge on any atom is 0.332 e. The van der Waals surface area contributed by atoms with Gasteiger partial charge in [-0.1, -0.05) is 30.3 Å². The highest BCUT2D eigenvalue weighted by Gasteiger charge is 2.04. The third-order valence-electron chi connectivity index (χ3n) is 1.56. The number of alkyl halides is 1. The van der Waals surface area contributed by atoms with Crippen molar-refractivity contribution in [2.24, 2.45) is 0 Å². The Labute approximate surface area is 81.5 Å². The van der Waals surface area contributed by atoms with E-state index in [2.05, 4.69) is 0 Å². The molecule has 1 N–H and O–H groups in total. The third-order valence-corrected chi connectivity index (χ3v) is 1.85. The van der Waals surface area contributed by atoms with Crippen molar-refractivity contribution >= 4 is 23.6 Å². The first-order chi connectivity index (χ1) is 6.24. The van der Waals surface area contributed by atoms with Crippen LogP contribution in [0.4, 0.5) is 0 Å². The zero-order chi connectivity index (χ0) is 9.68. The topological polar surface area (TPSA) is 37.3 Å². The van der Waals surface area contributed by atoms with Crippen LogP contribution in [-0.2, 0) is 4.79 Å². The summed E-state index contributed by atoms with van der Waals surface area (Å²) in [6.07, 6.45) is 1.56. The van der Waals surface area contributed by atoms with Gasteiger partial charge in [-0.05, 0) is 11.6 Å². The van der Waals surface area contributed by atoms with Gasteiger partial charge in [0.2, 0.25) is 0 Å². The second-order valence-electron chi connectivity index (χ2n) is 2.52. The number of hydrogen-bond acceptors (Lipinski definition) is 1. The minimum absolute atomic E-state index is 0.0181. The summed E-state index contributed by atoms with van der Waals surface area (Å²) in [6.45, 7) is 0. The van der Waals surface area contributed by atoms with E-state index in [1.807, 2.05) is 30.3 Å². The van der Waals surface area contributed by atoms with Gasteiger partial charge < -0.3 is 5.11 Å². The van der Waals surface area contributed by atoms with Gasteiger partial charge in [-0.3, -0.25) is 0 Å². The molecule has 0 atom stereocenters. The van der Waals surface area contributed by atoms with Crippen LogP contribution in [0.15, 0.2) is 35.9 Å². The summed E-state index contributed by atoms with van der Waals surface area (Å²) >= 11 is 5.46. The summed E-state index contributed by atoms with van der Waals surface area (Å²) in [4.78, 5) is 10.6. The van der Waals surface area contributed by atoms with E-state index in [0.29, 0.717) is 0 Å². The fraction of sp³-hybridized carbons (Fsp3) is 0.100. The van der Waals surface area contributed by atoms with E-state index in [9.17, 15) is 4.79 Å². The molecule has 0 unspecified atom stereocenters. The molecule has 0 amide bonds.